The minimum absolute atomic E-state index is 0.00160. The average Bonchev–Trinajstić information content (AvgIpc) is 3.37. The molecule has 1 saturated carbocycles. The largest absolute Gasteiger partial charge is 0.338 e. The number of rotatable bonds is 7. The molecule has 1 atom stereocenters. The van der Waals surface area contributed by atoms with Gasteiger partial charge in [-0.3, -0.25) is 14.6 Å². The summed E-state index contributed by atoms with van der Waals surface area (Å²) in [5.74, 6) is -1.44. The number of nitriles is 1. The maximum absolute atomic E-state index is 13.1. The van der Waals surface area contributed by atoms with Crippen LogP contribution in [0.5, 0.6) is 0 Å². The van der Waals surface area contributed by atoms with Crippen LogP contribution in [-0.2, 0) is 11.2 Å². The number of amides is 2. The highest BCUT2D eigenvalue weighted by Gasteiger charge is 2.45. The molecule has 4 rings (SSSR count). The Labute approximate surface area is 176 Å². The second kappa shape index (κ2) is 8.31. The van der Waals surface area contributed by atoms with Gasteiger partial charge in [0.25, 0.3) is 5.91 Å². The third-order valence-electron chi connectivity index (χ3n) is 4.92. The van der Waals surface area contributed by atoms with E-state index < -0.39 is 29.2 Å². The van der Waals surface area contributed by atoms with Crippen LogP contribution in [0.1, 0.15) is 28.9 Å². The Bertz CT molecular complexity index is 1130. The van der Waals surface area contributed by atoms with Crippen molar-refractivity contribution in [1.82, 2.24) is 30.6 Å². The molecule has 0 saturated heterocycles. The molecule has 31 heavy (non-hydrogen) atoms. The maximum Gasteiger partial charge on any atom is 0.274 e. The van der Waals surface area contributed by atoms with Gasteiger partial charge in [-0.25, -0.2) is 4.39 Å². The standard InChI is InChI=1S/C21H18FN7O2/c22-15-1-3-16(4-2-15)29-25-12-18(28-29)19(30)26-17(11-14-5-9-24-10-6-14)20(31)27-21(13-23)7-8-21/h1-6,9-10,12,17H,7-8,11H2,(H,26,30)(H,27,31)/t17-/m0/s1. The van der Waals surface area contributed by atoms with Crippen molar-refractivity contribution in [2.75, 3.05) is 0 Å². The van der Waals surface area contributed by atoms with E-state index in [9.17, 15) is 19.2 Å². The third-order valence-corrected chi connectivity index (χ3v) is 4.92. The van der Waals surface area contributed by atoms with Crippen molar-refractivity contribution < 1.29 is 14.0 Å². The molecule has 2 amide bonds. The van der Waals surface area contributed by atoms with E-state index in [1.165, 1.54) is 35.3 Å². The fraction of sp³-hybridized carbons (Fsp3) is 0.238. The van der Waals surface area contributed by atoms with Gasteiger partial charge in [0, 0.05) is 18.8 Å². The fourth-order valence-electron chi connectivity index (χ4n) is 2.97. The topological polar surface area (TPSA) is 126 Å². The smallest absolute Gasteiger partial charge is 0.274 e. The van der Waals surface area contributed by atoms with E-state index in [2.05, 4.69) is 31.9 Å². The Kier molecular flexibility index (Phi) is 5.41. The molecule has 1 aliphatic rings. The number of nitrogens with one attached hydrogen (secondary N) is 2. The molecule has 1 aromatic carbocycles. The average molecular weight is 419 g/mol. The van der Waals surface area contributed by atoms with Crippen LogP contribution in [0.15, 0.2) is 55.0 Å². The number of carbonyl (C=O) groups is 2. The summed E-state index contributed by atoms with van der Waals surface area (Å²) >= 11 is 0. The van der Waals surface area contributed by atoms with Gasteiger partial charge in [-0.15, -0.1) is 5.10 Å². The Morgan fingerprint density at radius 1 is 1.19 bits per heavy atom. The molecule has 0 bridgehead atoms. The van der Waals surface area contributed by atoms with Crippen LogP contribution < -0.4 is 10.6 Å². The summed E-state index contributed by atoms with van der Waals surface area (Å²) in [4.78, 5) is 30.7. The number of aromatic nitrogens is 4. The number of hydrogen-bond donors (Lipinski definition) is 2. The Morgan fingerprint density at radius 3 is 2.55 bits per heavy atom. The Balaban J connectivity index is 1.50. The van der Waals surface area contributed by atoms with Crippen molar-refractivity contribution in [1.29, 1.82) is 5.26 Å². The van der Waals surface area contributed by atoms with E-state index in [4.69, 9.17) is 0 Å². The van der Waals surface area contributed by atoms with Gasteiger partial charge in [-0.05, 0) is 54.8 Å². The number of nitrogens with zero attached hydrogens (tertiary/aromatic N) is 5. The minimum Gasteiger partial charge on any atom is -0.338 e. The van der Waals surface area contributed by atoms with Crippen LogP contribution in [-0.4, -0.2) is 43.4 Å². The van der Waals surface area contributed by atoms with Gasteiger partial charge in [0.1, 0.15) is 17.4 Å². The van der Waals surface area contributed by atoms with Gasteiger partial charge in [-0.2, -0.15) is 15.2 Å². The fourth-order valence-corrected chi connectivity index (χ4v) is 2.97. The molecular weight excluding hydrogens is 401 g/mol. The molecule has 156 valence electrons. The monoisotopic (exact) mass is 419 g/mol. The summed E-state index contributed by atoms with van der Waals surface area (Å²) in [6, 6.07) is 10.2. The quantitative estimate of drug-likeness (QED) is 0.595. The SMILES string of the molecule is N#CC1(NC(=O)[C@H](Cc2ccncc2)NC(=O)c2cnn(-c3ccc(F)cc3)n2)CC1. The first-order valence-corrected chi connectivity index (χ1v) is 9.59. The van der Waals surface area contributed by atoms with Crippen molar-refractivity contribution in [3.8, 4) is 11.8 Å². The minimum atomic E-state index is -0.920. The van der Waals surface area contributed by atoms with Gasteiger partial charge >= 0.3 is 0 Å². The van der Waals surface area contributed by atoms with E-state index in [-0.39, 0.29) is 12.1 Å². The summed E-state index contributed by atoms with van der Waals surface area (Å²) in [7, 11) is 0. The maximum atomic E-state index is 13.1. The highest BCUT2D eigenvalue weighted by Crippen LogP contribution is 2.34. The molecule has 2 aromatic heterocycles. The van der Waals surface area contributed by atoms with Crippen molar-refractivity contribution in [2.24, 2.45) is 0 Å². The molecule has 2 N–H and O–H groups in total. The van der Waals surface area contributed by atoms with Gasteiger partial charge in [0.2, 0.25) is 5.91 Å². The summed E-state index contributed by atoms with van der Waals surface area (Å²) in [5.41, 5.74) is 0.422. The van der Waals surface area contributed by atoms with Crippen LogP contribution >= 0.6 is 0 Å². The number of hydrogen-bond acceptors (Lipinski definition) is 6. The zero-order valence-corrected chi connectivity index (χ0v) is 16.3. The van der Waals surface area contributed by atoms with Crippen LogP contribution in [0.25, 0.3) is 5.69 Å². The van der Waals surface area contributed by atoms with E-state index in [1.807, 2.05) is 0 Å². The van der Waals surface area contributed by atoms with Crippen molar-refractivity contribution in [2.45, 2.75) is 30.8 Å². The molecule has 0 spiro atoms. The number of carbonyl (C=O) groups excluding carboxylic acids is 2. The van der Waals surface area contributed by atoms with Crippen molar-refractivity contribution in [3.05, 3.63) is 72.1 Å². The van der Waals surface area contributed by atoms with Crippen molar-refractivity contribution >= 4 is 11.8 Å². The molecular formula is C21H18FN7O2. The van der Waals surface area contributed by atoms with Crippen LogP contribution in [0.4, 0.5) is 4.39 Å². The summed E-state index contributed by atoms with van der Waals surface area (Å²) in [6.07, 6.45) is 5.83. The molecule has 1 aliphatic carbocycles. The first-order valence-electron chi connectivity index (χ1n) is 9.59. The second-order valence-electron chi connectivity index (χ2n) is 7.26. The normalized spacial score (nSPS) is 14.8. The number of halogens is 1. The first-order chi connectivity index (χ1) is 15.0. The van der Waals surface area contributed by atoms with Crippen LogP contribution in [0, 0.1) is 17.1 Å². The van der Waals surface area contributed by atoms with Crippen LogP contribution in [0.2, 0.25) is 0 Å². The first kappa shape index (κ1) is 20.2. The molecule has 0 aliphatic heterocycles. The molecule has 10 heteroatoms. The lowest BCUT2D eigenvalue weighted by Gasteiger charge is -2.19. The zero-order chi connectivity index (χ0) is 21.8. The van der Waals surface area contributed by atoms with E-state index in [1.54, 1.807) is 24.5 Å². The number of pyridine rings is 1. The predicted octanol–water partition coefficient (Wildman–Crippen LogP) is 1.31. The predicted molar refractivity (Wildman–Crippen MR) is 106 cm³/mol. The molecule has 1 fully saturated rings. The highest BCUT2D eigenvalue weighted by atomic mass is 19.1. The van der Waals surface area contributed by atoms with Crippen LogP contribution in [0.3, 0.4) is 0 Å². The second-order valence-corrected chi connectivity index (χ2v) is 7.26. The lowest BCUT2D eigenvalue weighted by atomic mass is 10.1. The van der Waals surface area contributed by atoms with Gasteiger partial charge < -0.3 is 10.6 Å². The molecule has 3 aromatic rings. The highest BCUT2D eigenvalue weighted by molar-refractivity contribution is 5.96. The lowest BCUT2D eigenvalue weighted by molar-refractivity contribution is -0.123. The molecule has 2 heterocycles. The Morgan fingerprint density at radius 2 is 1.90 bits per heavy atom. The summed E-state index contributed by atoms with van der Waals surface area (Å²) in [6.45, 7) is 0. The zero-order valence-electron chi connectivity index (χ0n) is 16.3. The van der Waals surface area contributed by atoms with Crippen molar-refractivity contribution in [3.63, 3.8) is 0 Å². The lowest BCUT2D eigenvalue weighted by Crippen LogP contribution is -2.51. The van der Waals surface area contributed by atoms with E-state index >= 15 is 0 Å². The van der Waals surface area contributed by atoms with Gasteiger partial charge in [-0.1, -0.05) is 0 Å². The third kappa shape index (κ3) is 4.72. The van der Waals surface area contributed by atoms with E-state index in [0.29, 0.717) is 18.5 Å². The van der Waals surface area contributed by atoms with Gasteiger partial charge in [0.05, 0.1) is 18.0 Å². The van der Waals surface area contributed by atoms with Gasteiger partial charge in [0.15, 0.2) is 5.69 Å². The van der Waals surface area contributed by atoms with E-state index in [0.717, 1.165) is 5.56 Å². The molecule has 9 nitrogen and oxygen atoms in total. The summed E-state index contributed by atoms with van der Waals surface area (Å²) in [5, 5.41) is 22.8. The molecule has 0 radical (unpaired) electrons. The molecule has 0 unspecified atom stereocenters. The number of benzene rings is 1. The summed E-state index contributed by atoms with van der Waals surface area (Å²) < 4.78 is 13.1. The Hall–Kier alpha value is -4.13.